The van der Waals surface area contributed by atoms with E-state index in [9.17, 15) is 14.4 Å². The van der Waals surface area contributed by atoms with Crippen LogP contribution in [0.5, 0.6) is 0 Å². The molecule has 7 nitrogen and oxygen atoms in total. The lowest BCUT2D eigenvalue weighted by Gasteiger charge is -2.19. The van der Waals surface area contributed by atoms with Crippen molar-refractivity contribution in [2.75, 3.05) is 11.9 Å². The molecule has 0 spiro atoms. The third kappa shape index (κ3) is 3.90. The third-order valence-corrected chi connectivity index (χ3v) is 7.14. The molecule has 2 aliphatic carbocycles. The number of likely N-dealkylation sites (tertiary alicyclic amines) is 1. The quantitative estimate of drug-likeness (QED) is 0.780. The second-order valence-electron chi connectivity index (χ2n) is 7.90. The number of carbonyl (C=O) groups excluding carboxylic acids is 3. The predicted molar refractivity (Wildman–Crippen MR) is 101 cm³/mol. The number of anilines is 1. The van der Waals surface area contributed by atoms with Gasteiger partial charge in [0.25, 0.3) is 0 Å². The van der Waals surface area contributed by atoms with Crippen molar-refractivity contribution in [1.29, 1.82) is 0 Å². The van der Waals surface area contributed by atoms with Crippen molar-refractivity contribution in [3.8, 4) is 0 Å². The third-order valence-electron chi connectivity index (χ3n) is 6.14. The Labute approximate surface area is 162 Å². The van der Waals surface area contributed by atoms with Gasteiger partial charge in [0, 0.05) is 18.9 Å². The van der Waals surface area contributed by atoms with Gasteiger partial charge in [-0.25, -0.2) is 0 Å². The van der Waals surface area contributed by atoms with E-state index in [-0.39, 0.29) is 42.5 Å². The Balaban J connectivity index is 1.29. The van der Waals surface area contributed by atoms with Gasteiger partial charge in [0.1, 0.15) is 5.01 Å². The molecular weight excluding hydrogens is 364 g/mol. The van der Waals surface area contributed by atoms with E-state index in [1.165, 1.54) is 35.5 Å². The average Bonchev–Trinajstić information content (AvgIpc) is 3.25. The maximum absolute atomic E-state index is 12.5. The Morgan fingerprint density at radius 1 is 0.963 bits per heavy atom. The first-order chi connectivity index (χ1) is 13.1. The van der Waals surface area contributed by atoms with Gasteiger partial charge in [-0.05, 0) is 25.7 Å². The van der Waals surface area contributed by atoms with Crippen LogP contribution in [-0.4, -0.2) is 39.4 Å². The predicted octanol–water partition coefficient (Wildman–Crippen LogP) is 3.09. The van der Waals surface area contributed by atoms with Gasteiger partial charge in [-0.2, -0.15) is 0 Å². The number of nitrogens with zero attached hydrogens (tertiary/aromatic N) is 3. The highest BCUT2D eigenvalue weighted by molar-refractivity contribution is 7.15. The van der Waals surface area contributed by atoms with Crippen LogP contribution in [0.15, 0.2) is 0 Å². The van der Waals surface area contributed by atoms with Crippen LogP contribution in [0.4, 0.5) is 5.13 Å². The van der Waals surface area contributed by atoms with Gasteiger partial charge in [0.05, 0.1) is 11.8 Å². The lowest BCUT2D eigenvalue weighted by atomic mass is 9.81. The van der Waals surface area contributed by atoms with Crippen molar-refractivity contribution in [1.82, 2.24) is 15.1 Å². The van der Waals surface area contributed by atoms with Crippen LogP contribution in [-0.2, 0) is 14.4 Å². The summed E-state index contributed by atoms with van der Waals surface area (Å²) in [7, 11) is 0. The number of hydrogen-bond acceptors (Lipinski definition) is 6. The molecule has 1 aliphatic heterocycles. The molecule has 3 aliphatic rings. The fourth-order valence-corrected chi connectivity index (χ4v) is 5.57. The maximum Gasteiger partial charge on any atom is 0.233 e. The van der Waals surface area contributed by atoms with Gasteiger partial charge < -0.3 is 5.32 Å². The molecule has 8 heteroatoms. The molecule has 2 unspecified atom stereocenters. The number of rotatable bonds is 5. The number of fused-ring (bicyclic) bond motifs is 1. The van der Waals surface area contributed by atoms with Crippen molar-refractivity contribution in [2.45, 2.75) is 70.1 Å². The van der Waals surface area contributed by atoms with Crippen LogP contribution >= 0.6 is 11.3 Å². The molecule has 0 bridgehead atoms. The summed E-state index contributed by atoms with van der Waals surface area (Å²) < 4.78 is 0. The first kappa shape index (κ1) is 18.5. The van der Waals surface area contributed by atoms with Crippen molar-refractivity contribution in [3.63, 3.8) is 0 Å². The molecule has 146 valence electrons. The van der Waals surface area contributed by atoms with Crippen LogP contribution < -0.4 is 5.32 Å². The first-order valence-corrected chi connectivity index (χ1v) is 10.9. The molecule has 4 rings (SSSR count). The summed E-state index contributed by atoms with van der Waals surface area (Å²) in [5.41, 5.74) is 0. The number of amides is 3. The largest absolute Gasteiger partial charge is 0.300 e. The summed E-state index contributed by atoms with van der Waals surface area (Å²) in [4.78, 5) is 38.5. The molecule has 2 saturated carbocycles. The highest BCUT2D eigenvalue weighted by Crippen LogP contribution is 2.38. The minimum Gasteiger partial charge on any atom is -0.300 e. The standard InChI is InChI=1S/C19H26N4O3S/c24-15(20-19-22-21-16(27-19)12-6-2-1-3-7-12)10-11-23-17(25)13-8-4-5-9-14(13)18(23)26/h12-14H,1-11H2,(H,20,22,24). The van der Waals surface area contributed by atoms with E-state index in [4.69, 9.17) is 0 Å². The van der Waals surface area contributed by atoms with Crippen molar-refractivity contribution in [2.24, 2.45) is 11.8 Å². The van der Waals surface area contributed by atoms with E-state index in [0.29, 0.717) is 11.0 Å². The molecule has 3 amide bonds. The number of hydrogen-bond donors (Lipinski definition) is 1. The Bertz CT molecular complexity index is 704. The number of aromatic nitrogens is 2. The lowest BCUT2D eigenvalue weighted by molar-refractivity contribution is -0.140. The van der Waals surface area contributed by atoms with Crippen molar-refractivity contribution < 1.29 is 14.4 Å². The van der Waals surface area contributed by atoms with E-state index >= 15 is 0 Å². The van der Waals surface area contributed by atoms with Gasteiger partial charge in [0.15, 0.2) is 0 Å². The zero-order valence-corrected chi connectivity index (χ0v) is 16.3. The number of carbonyl (C=O) groups is 3. The van der Waals surface area contributed by atoms with Gasteiger partial charge >= 0.3 is 0 Å². The van der Waals surface area contributed by atoms with Crippen LogP contribution in [0.2, 0.25) is 0 Å². The average molecular weight is 391 g/mol. The number of nitrogens with one attached hydrogen (secondary N) is 1. The second-order valence-corrected chi connectivity index (χ2v) is 8.91. The van der Waals surface area contributed by atoms with Crippen LogP contribution in [0.1, 0.15) is 75.1 Å². The SMILES string of the molecule is O=C(CCN1C(=O)C2CCCCC2C1=O)Nc1nnc(C2CCCCC2)s1. The second kappa shape index (κ2) is 8.04. The fraction of sp³-hybridized carbons (Fsp3) is 0.737. The van der Waals surface area contributed by atoms with E-state index in [1.807, 2.05) is 0 Å². The minimum absolute atomic E-state index is 0.0898. The lowest BCUT2D eigenvalue weighted by Crippen LogP contribution is -2.34. The maximum atomic E-state index is 12.5. The smallest absolute Gasteiger partial charge is 0.233 e. The molecule has 0 radical (unpaired) electrons. The molecule has 1 saturated heterocycles. The highest BCUT2D eigenvalue weighted by atomic mass is 32.1. The molecule has 2 heterocycles. The molecule has 2 atom stereocenters. The molecule has 0 aromatic carbocycles. The summed E-state index contributed by atoms with van der Waals surface area (Å²) in [6.07, 6.45) is 9.75. The van der Waals surface area contributed by atoms with E-state index in [1.54, 1.807) is 0 Å². The summed E-state index contributed by atoms with van der Waals surface area (Å²) in [5, 5.41) is 12.6. The van der Waals surface area contributed by atoms with E-state index in [0.717, 1.165) is 43.5 Å². The van der Waals surface area contributed by atoms with Crippen molar-refractivity contribution >= 4 is 34.2 Å². The first-order valence-electron chi connectivity index (χ1n) is 10.1. The summed E-state index contributed by atoms with van der Waals surface area (Å²) in [5.74, 6) is -0.256. The molecule has 27 heavy (non-hydrogen) atoms. The van der Waals surface area contributed by atoms with Crippen LogP contribution in [0, 0.1) is 11.8 Å². The van der Waals surface area contributed by atoms with Crippen LogP contribution in [0.3, 0.4) is 0 Å². The summed E-state index contributed by atoms with van der Waals surface area (Å²) >= 11 is 1.44. The summed E-state index contributed by atoms with van der Waals surface area (Å²) in [6, 6.07) is 0. The Morgan fingerprint density at radius 2 is 1.59 bits per heavy atom. The van der Waals surface area contributed by atoms with E-state index in [2.05, 4.69) is 15.5 Å². The fourth-order valence-electron chi connectivity index (χ4n) is 4.65. The zero-order valence-electron chi connectivity index (χ0n) is 15.5. The zero-order chi connectivity index (χ0) is 18.8. The molecule has 3 fully saturated rings. The molecule has 1 aromatic rings. The molecule has 1 aromatic heterocycles. The highest BCUT2D eigenvalue weighted by Gasteiger charge is 2.47. The molecular formula is C19H26N4O3S. The van der Waals surface area contributed by atoms with Gasteiger partial charge in [-0.3, -0.25) is 19.3 Å². The van der Waals surface area contributed by atoms with Crippen LogP contribution in [0.25, 0.3) is 0 Å². The Morgan fingerprint density at radius 3 is 2.26 bits per heavy atom. The normalized spacial score (nSPS) is 26.3. The minimum atomic E-state index is -0.225. The van der Waals surface area contributed by atoms with E-state index < -0.39 is 0 Å². The topological polar surface area (TPSA) is 92.3 Å². The Hall–Kier alpha value is -1.83. The van der Waals surface area contributed by atoms with Gasteiger partial charge in [-0.1, -0.05) is 43.4 Å². The number of imide groups is 1. The molecule has 1 N–H and O–H groups in total. The summed E-state index contributed by atoms with van der Waals surface area (Å²) in [6.45, 7) is 0.158. The monoisotopic (exact) mass is 390 g/mol. The van der Waals surface area contributed by atoms with Crippen molar-refractivity contribution in [3.05, 3.63) is 5.01 Å². The van der Waals surface area contributed by atoms with Gasteiger partial charge in [-0.15, -0.1) is 10.2 Å². The van der Waals surface area contributed by atoms with Gasteiger partial charge in [0.2, 0.25) is 22.9 Å². The Kier molecular flexibility index (Phi) is 5.52.